The molecule has 3 nitrogen and oxygen atoms in total. The summed E-state index contributed by atoms with van der Waals surface area (Å²) in [6.45, 7) is 0.759. The molecule has 0 unspecified atom stereocenters. The maximum Gasteiger partial charge on any atom is 0.124 e. The third kappa shape index (κ3) is 3.73. The van der Waals surface area contributed by atoms with Gasteiger partial charge in [-0.25, -0.2) is 0 Å². The number of ether oxygens (including phenoxy) is 2. The van der Waals surface area contributed by atoms with Gasteiger partial charge in [-0.3, -0.25) is 0 Å². The fourth-order valence-corrected chi connectivity index (χ4v) is 2.86. The maximum atomic E-state index is 6.17. The largest absolute Gasteiger partial charge is 0.497 e. The van der Waals surface area contributed by atoms with Crippen LogP contribution in [0.5, 0.6) is 11.5 Å². The quantitative estimate of drug-likeness (QED) is 0.843. The molecule has 22 heavy (non-hydrogen) atoms. The van der Waals surface area contributed by atoms with E-state index in [1.54, 1.807) is 7.11 Å². The average molecular weight is 297 g/mol. The first kappa shape index (κ1) is 14.8. The molecule has 1 N–H and O–H groups in total. The second-order valence-corrected chi connectivity index (χ2v) is 5.71. The summed E-state index contributed by atoms with van der Waals surface area (Å²) in [7, 11) is 1.68. The Labute approximate surface area is 132 Å². The zero-order chi connectivity index (χ0) is 15.2. The van der Waals surface area contributed by atoms with Gasteiger partial charge in [0.25, 0.3) is 0 Å². The van der Waals surface area contributed by atoms with E-state index in [2.05, 4.69) is 23.5 Å². The Morgan fingerprint density at radius 2 is 1.73 bits per heavy atom. The molecule has 1 saturated carbocycles. The van der Waals surface area contributed by atoms with Crippen molar-refractivity contribution in [1.82, 2.24) is 0 Å². The van der Waals surface area contributed by atoms with Gasteiger partial charge in [-0.15, -0.1) is 0 Å². The van der Waals surface area contributed by atoms with Crippen molar-refractivity contribution < 1.29 is 9.47 Å². The number of nitrogens with one attached hydrogen (secondary N) is 1. The molecule has 0 heterocycles. The van der Waals surface area contributed by atoms with Gasteiger partial charge >= 0.3 is 0 Å². The molecule has 0 radical (unpaired) electrons. The highest BCUT2D eigenvalue weighted by atomic mass is 16.5. The van der Waals surface area contributed by atoms with Crippen LogP contribution in [0.15, 0.2) is 48.5 Å². The van der Waals surface area contributed by atoms with Gasteiger partial charge in [-0.1, -0.05) is 18.2 Å². The second kappa shape index (κ2) is 7.21. The predicted molar refractivity (Wildman–Crippen MR) is 89.6 cm³/mol. The first-order chi connectivity index (χ1) is 10.8. The van der Waals surface area contributed by atoms with Crippen molar-refractivity contribution in [2.75, 3.05) is 12.4 Å². The molecule has 2 aromatic rings. The van der Waals surface area contributed by atoms with Gasteiger partial charge in [0.15, 0.2) is 0 Å². The van der Waals surface area contributed by atoms with Crippen LogP contribution < -0.4 is 14.8 Å². The van der Waals surface area contributed by atoms with Gasteiger partial charge < -0.3 is 14.8 Å². The van der Waals surface area contributed by atoms with Crippen LogP contribution in [0.2, 0.25) is 0 Å². The average Bonchev–Trinajstić information content (AvgIpc) is 3.07. The number of hydrogen-bond donors (Lipinski definition) is 1. The summed E-state index contributed by atoms with van der Waals surface area (Å²) in [4.78, 5) is 0. The van der Waals surface area contributed by atoms with Gasteiger partial charge in [0.1, 0.15) is 11.5 Å². The van der Waals surface area contributed by atoms with Gasteiger partial charge in [0.05, 0.1) is 13.2 Å². The SMILES string of the molecule is COc1ccc(NCc2ccccc2OC2CCCC2)cc1. The van der Waals surface area contributed by atoms with E-state index in [-0.39, 0.29) is 0 Å². The number of hydrogen-bond acceptors (Lipinski definition) is 3. The lowest BCUT2D eigenvalue weighted by Gasteiger charge is -2.17. The van der Waals surface area contributed by atoms with Crippen LogP contribution in [0.25, 0.3) is 0 Å². The Hall–Kier alpha value is -2.16. The lowest BCUT2D eigenvalue weighted by molar-refractivity contribution is 0.208. The van der Waals surface area contributed by atoms with Gasteiger partial charge in [0.2, 0.25) is 0 Å². The normalized spacial score (nSPS) is 14.8. The van der Waals surface area contributed by atoms with Gasteiger partial charge in [0, 0.05) is 17.8 Å². The van der Waals surface area contributed by atoms with Crippen molar-refractivity contribution in [3.63, 3.8) is 0 Å². The fourth-order valence-electron chi connectivity index (χ4n) is 2.86. The molecule has 0 aliphatic heterocycles. The molecule has 1 fully saturated rings. The molecule has 0 saturated heterocycles. The highest BCUT2D eigenvalue weighted by molar-refractivity contribution is 5.47. The monoisotopic (exact) mass is 297 g/mol. The molecule has 0 amide bonds. The molecule has 0 spiro atoms. The fraction of sp³-hybridized carbons (Fsp3) is 0.368. The third-order valence-corrected chi connectivity index (χ3v) is 4.14. The first-order valence-corrected chi connectivity index (χ1v) is 7.97. The predicted octanol–water partition coefficient (Wildman–Crippen LogP) is 4.63. The summed E-state index contributed by atoms with van der Waals surface area (Å²) >= 11 is 0. The zero-order valence-electron chi connectivity index (χ0n) is 13.0. The minimum atomic E-state index is 0.391. The highest BCUT2D eigenvalue weighted by Gasteiger charge is 2.17. The van der Waals surface area contributed by atoms with E-state index in [9.17, 15) is 0 Å². The van der Waals surface area contributed by atoms with E-state index in [1.165, 1.54) is 31.2 Å². The summed E-state index contributed by atoms with van der Waals surface area (Å²) < 4.78 is 11.3. The number of methoxy groups -OCH3 is 1. The molecular weight excluding hydrogens is 274 g/mol. The van der Waals surface area contributed by atoms with Crippen LogP contribution in [0.4, 0.5) is 5.69 Å². The topological polar surface area (TPSA) is 30.5 Å². The molecule has 2 aromatic carbocycles. The second-order valence-electron chi connectivity index (χ2n) is 5.71. The molecule has 116 valence electrons. The third-order valence-electron chi connectivity index (χ3n) is 4.14. The zero-order valence-corrected chi connectivity index (χ0v) is 13.0. The van der Waals surface area contributed by atoms with E-state index in [4.69, 9.17) is 9.47 Å². The minimum Gasteiger partial charge on any atom is -0.497 e. The molecule has 1 aliphatic rings. The van der Waals surface area contributed by atoms with Gasteiger partial charge in [-0.05, 0) is 56.0 Å². The molecule has 3 heteroatoms. The molecule has 3 rings (SSSR count). The maximum absolute atomic E-state index is 6.17. The van der Waals surface area contributed by atoms with Crippen LogP contribution in [0, 0.1) is 0 Å². The van der Waals surface area contributed by atoms with Crippen molar-refractivity contribution in [2.45, 2.75) is 38.3 Å². The number of rotatable bonds is 6. The Kier molecular flexibility index (Phi) is 4.84. The van der Waals surface area contributed by atoms with E-state index >= 15 is 0 Å². The van der Waals surface area contributed by atoms with Crippen LogP contribution in [0.1, 0.15) is 31.2 Å². The smallest absolute Gasteiger partial charge is 0.124 e. The summed E-state index contributed by atoms with van der Waals surface area (Å²) in [5, 5.41) is 3.44. The van der Waals surface area contributed by atoms with Crippen molar-refractivity contribution in [2.24, 2.45) is 0 Å². The molecule has 0 bridgehead atoms. The summed E-state index contributed by atoms with van der Waals surface area (Å²) in [5.74, 6) is 1.88. The van der Waals surface area contributed by atoms with E-state index < -0.39 is 0 Å². The molecular formula is C19H23NO2. The lowest BCUT2D eigenvalue weighted by Crippen LogP contribution is -2.13. The Morgan fingerprint density at radius 3 is 2.45 bits per heavy atom. The van der Waals surface area contributed by atoms with Crippen molar-refractivity contribution >= 4 is 5.69 Å². The minimum absolute atomic E-state index is 0.391. The summed E-state index contributed by atoms with van der Waals surface area (Å²) in [5.41, 5.74) is 2.28. The highest BCUT2D eigenvalue weighted by Crippen LogP contribution is 2.27. The Bertz CT molecular complexity index is 589. The summed E-state index contributed by atoms with van der Waals surface area (Å²) in [6, 6.07) is 16.3. The Balaban J connectivity index is 1.63. The Morgan fingerprint density at radius 1 is 1.00 bits per heavy atom. The van der Waals surface area contributed by atoms with Crippen molar-refractivity contribution in [3.8, 4) is 11.5 Å². The van der Waals surface area contributed by atoms with Crippen LogP contribution in [0.3, 0.4) is 0 Å². The van der Waals surface area contributed by atoms with E-state index in [0.29, 0.717) is 6.10 Å². The van der Waals surface area contributed by atoms with Crippen molar-refractivity contribution in [3.05, 3.63) is 54.1 Å². The summed E-state index contributed by atoms with van der Waals surface area (Å²) in [6.07, 6.45) is 5.33. The van der Waals surface area contributed by atoms with Crippen LogP contribution in [-0.4, -0.2) is 13.2 Å². The van der Waals surface area contributed by atoms with E-state index in [1.807, 2.05) is 30.3 Å². The first-order valence-electron chi connectivity index (χ1n) is 7.97. The molecule has 1 aliphatic carbocycles. The standard InChI is InChI=1S/C19H23NO2/c1-21-17-12-10-16(11-13-17)20-14-15-6-2-5-9-19(15)22-18-7-3-4-8-18/h2,5-6,9-13,18,20H,3-4,7-8,14H2,1H3. The van der Waals surface area contributed by atoms with Gasteiger partial charge in [-0.2, -0.15) is 0 Å². The molecule has 0 aromatic heterocycles. The van der Waals surface area contributed by atoms with E-state index in [0.717, 1.165) is 23.7 Å². The number of benzene rings is 2. The lowest BCUT2D eigenvalue weighted by atomic mass is 10.2. The molecule has 0 atom stereocenters. The van der Waals surface area contributed by atoms with Crippen LogP contribution in [-0.2, 0) is 6.54 Å². The van der Waals surface area contributed by atoms with Crippen LogP contribution >= 0.6 is 0 Å². The number of anilines is 1. The van der Waals surface area contributed by atoms with Crippen molar-refractivity contribution in [1.29, 1.82) is 0 Å². The number of para-hydroxylation sites is 1.